The molecule has 0 aliphatic carbocycles. The van der Waals surface area contributed by atoms with Gasteiger partial charge in [-0.15, -0.1) is 0 Å². The van der Waals surface area contributed by atoms with E-state index < -0.39 is 0 Å². The van der Waals surface area contributed by atoms with Crippen molar-refractivity contribution in [1.29, 1.82) is 0 Å². The van der Waals surface area contributed by atoms with Crippen LogP contribution in [-0.2, 0) is 6.42 Å². The van der Waals surface area contributed by atoms with Crippen molar-refractivity contribution in [3.05, 3.63) is 22.4 Å². The number of nitrogens with one attached hydrogen (secondary N) is 1. The molecule has 1 aliphatic rings. The summed E-state index contributed by atoms with van der Waals surface area (Å²) >= 11 is 1.71. The number of hydrogen-bond acceptors (Lipinski definition) is 7. The van der Waals surface area contributed by atoms with Gasteiger partial charge in [0, 0.05) is 19.6 Å². The minimum absolute atomic E-state index is 0.278. The largest absolute Gasteiger partial charge is 0.368 e. The molecule has 0 spiro atoms. The lowest BCUT2D eigenvalue weighted by molar-refractivity contribution is 0.878. The maximum absolute atomic E-state index is 5.77. The van der Waals surface area contributed by atoms with Crippen LogP contribution in [0.25, 0.3) is 0 Å². The third kappa shape index (κ3) is 3.16. The summed E-state index contributed by atoms with van der Waals surface area (Å²) in [6.07, 6.45) is 3.33. The average Bonchev–Trinajstić information content (AvgIpc) is 3.11. The maximum Gasteiger partial charge on any atom is 0.231 e. The molecule has 1 saturated heterocycles. The first-order valence-corrected chi connectivity index (χ1v) is 7.77. The van der Waals surface area contributed by atoms with Gasteiger partial charge in [-0.25, -0.2) is 0 Å². The fourth-order valence-corrected chi connectivity index (χ4v) is 2.97. The molecule has 0 atom stereocenters. The van der Waals surface area contributed by atoms with Crippen molar-refractivity contribution in [2.24, 2.45) is 0 Å². The molecule has 0 amide bonds. The standard InChI is InChI=1S/C13H18N6S/c14-11-16-12(15-5-3-10-4-8-20-9-10)18-13(17-11)19-6-1-2-7-19/h4,8-9H,1-3,5-7H2,(H3,14,15,16,17,18). The predicted octanol–water partition coefficient (Wildman–Crippen LogP) is 1.77. The lowest BCUT2D eigenvalue weighted by atomic mass is 10.2. The van der Waals surface area contributed by atoms with Crippen LogP contribution in [0.3, 0.4) is 0 Å². The van der Waals surface area contributed by atoms with Crippen molar-refractivity contribution in [3.63, 3.8) is 0 Å². The van der Waals surface area contributed by atoms with Gasteiger partial charge in [-0.05, 0) is 41.7 Å². The molecule has 0 radical (unpaired) electrons. The predicted molar refractivity (Wildman–Crippen MR) is 82.2 cm³/mol. The molecule has 0 unspecified atom stereocenters. The van der Waals surface area contributed by atoms with Crippen LogP contribution in [0.4, 0.5) is 17.8 Å². The van der Waals surface area contributed by atoms with Crippen molar-refractivity contribution in [3.8, 4) is 0 Å². The van der Waals surface area contributed by atoms with Crippen molar-refractivity contribution in [2.75, 3.05) is 35.6 Å². The van der Waals surface area contributed by atoms with E-state index in [1.165, 1.54) is 18.4 Å². The zero-order chi connectivity index (χ0) is 13.8. The van der Waals surface area contributed by atoms with Crippen molar-refractivity contribution < 1.29 is 0 Å². The molecule has 7 heteroatoms. The van der Waals surface area contributed by atoms with Gasteiger partial charge in [-0.2, -0.15) is 26.3 Å². The average molecular weight is 290 g/mol. The van der Waals surface area contributed by atoms with Gasteiger partial charge in [0.1, 0.15) is 0 Å². The first kappa shape index (κ1) is 13.1. The minimum atomic E-state index is 0.278. The monoisotopic (exact) mass is 290 g/mol. The van der Waals surface area contributed by atoms with E-state index in [4.69, 9.17) is 5.73 Å². The molecule has 3 N–H and O–H groups in total. The first-order chi connectivity index (χ1) is 9.81. The molecule has 1 aliphatic heterocycles. The smallest absolute Gasteiger partial charge is 0.231 e. The molecular formula is C13H18N6S. The highest BCUT2D eigenvalue weighted by molar-refractivity contribution is 7.07. The van der Waals surface area contributed by atoms with E-state index in [1.54, 1.807) is 11.3 Å². The van der Waals surface area contributed by atoms with E-state index in [0.29, 0.717) is 11.9 Å². The number of nitrogen functional groups attached to an aromatic ring is 1. The summed E-state index contributed by atoms with van der Waals surface area (Å²) in [5.74, 6) is 1.53. The Morgan fingerprint density at radius 3 is 2.85 bits per heavy atom. The zero-order valence-corrected chi connectivity index (χ0v) is 12.1. The number of nitrogens with two attached hydrogens (primary N) is 1. The second-order valence-corrected chi connectivity index (χ2v) is 5.60. The van der Waals surface area contributed by atoms with Crippen LogP contribution in [0.5, 0.6) is 0 Å². The van der Waals surface area contributed by atoms with Gasteiger partial charge < -0.3 is 16.0 Å². The van der Waals surface area contributed by atoms with Gasteiger partial charge in [0.15, 0.2) is 0 Å². The number of nitrogens with zero attached hydrogens (tertiary/aromatic N) is 4. The summed E-state index contributed by atoms with van der Waals surface area (Å²) in [6.45, 7) is 2.79. The molecule has 106 valence electrons. The second-order valence-electron chi connectivity index (χ2n) is 4.82. The molecule has 2 aromatic heterocycles. The maximum atomic E-state index is 5.77. The Morgan fingerprint density at radius 1 is 1.25 bits per heavy atom. The summed E-state index contributed by atoms with van der Waals surface area (Å²) < 4.78 is 0. The summed E-state index contributed by atoms with van der Waals surface area (Å²) in [7, 11) is 0. The van der Waals surface area contributed by atoms with E-state index >= 15 is 0 Å². The Balaban J connectivity index is 1.63. The molecule has 6 nitrogen and oxygen atoms in total. The molecule has 0 saturated carbocycles. The fourth-order valence-electron chi connectivity index (χ4n) is 2.27. The fraction of sp³-hybridized carbons (Fsp3) is 0.462. The van der Waals surface area contributed by atoms with Crippen LogP contribution in [0.2, 0.25) is 0 Å². The minimum Gasteiger partial charge on any atom is -0.368 e. The van der Waals surface area contributed by atoms with Gasteiger partial charge in [-0.1, -0.05) is 0 Å². The highest BCUT2D eigenvalue weighted by Gasteiger charge is 2.16. The molecule has 0 aromatic carbocycles. The third-order valence-corrected chi connectivity index (χ3v) is 4.04. The van der Waals surface area contributed by atoms with Gasteiger partial charge in [-0.3, -0.25) is 0 Å². The summed E-state index contributed by atoms with van der Waals surface area (Å²) in [5.41, 5.74) is 7.09. The Bertz CT molecular complexity index is 550. The molecular weight excluding hydrogens is 272 g/mol. The Hall–Kier alpha value is -1.89. The topological polar surface area (TPSA) is 80.0 Å². The van der Waals surface area contributed by atoms with Crippen molar-refractivity contribution >= 4 is 29.2 Å². The Morgan fingerprint density at radius 2 is 2.10 bits per heavy atom. The van der Waals surface area contributed by atoms with Crippen molar-refractivity contribution in [2.45, 2.75) is 19.3 Å². The number of thiophene rings is 1. The Kier molecular flexibility index (Phi) is 3.96. The van der Waals surface area contributed by atoms with Gasteiger partial charge in [0.2, 0.25) is 17.8 Å². The molecule has 3 heterocycles. The summed E-state index contributed by atoms with van der Waals surface area (Å²) in [6, 6.07) is 2.13. The summed E-state index contributed by atoms with van der Waals surface area (Å²) in [5, 5.41) is 7.46. The normalized spacial score (nSPS) is 14.7. The van der Waals surface area contributed by atoms with E-state index in [9.17, 15) is 0 Å². The van der Waals surface area contributed by atoms with Crippen LogP contribution in [-0.4, -0.2) is 34.6 Å². The van der Waals surface area contributed by atoms with E-state index in [1.807, 2.05) is 0 Å². The molecule has 2 aromatic rings. The molecule has 0 bridgehead atoms. The SMILES string of the molecule is Nc1nc(NCCc2ccsc2)nc(N2CCCC2)n1. The van der Waals surface area contributed by atoms with E-state index in [2.05, 4.69) is 42.0 Å². The van der Waals surface area contributed by atoms with Gasteiger partial charge >= 0.3 is 0 Å². The Labute approximate surface area is 122 Å². The highest BCUT2D eigenvalue weighted by Crippen LogP contribution is 2.17. The van der Waals surface area contributed by atoms with E-state index in [0.717, 1.165) is 26.1 Å². The number of hydrogen-bond donors (Lipinski definition) is 2. The lowest BCUT2D eigenvalue weighted by Gasteiger charge is -2.15. The third-order valence-electron chi connectivity index (χ3n) is 3.31. The number of rotatable bonds is 5. The van der Waals surface area contributed by atoms with Gasteiger partial charge in [0.25, 0.3) is 0 Å². The number of aromatic nitrogens is 3. The second kappa shape index (κ2) is 6.04. The zero-order valence-electron chi connectivity index (χ0n) is 11.2. The number of anilines is 3. The van der Waals surface area contributed by atoms with Crippen molar-refractivity contribution in [1.82, 2.24) is 15.0 Å². The van der Waals surface area contributed by atoms with Crippen LogP contribution >= 0.6 is 11.3 Å². The highest BCUT2D eigenvalue weighted by atomic mass is 32.1. The van der Waals surface area contributed by atoms with Crippen LogP contribution in [0, 0.1) is 0 Å². The molecule has 20 heavy (non-hydrogen) atoms. The van der Waals surface area contributed by atoms with Gasteiger partial charge in [0.05, 0.1) is 0 Å². The van der Waals surface area contributed by atoms with Crippen LogP contribution in [0.1, 0.15) is 18.4 Å². The summed E-state index contributed by atoms with van der Waals surface area (Å²) in [4.78, 5) is 15.0. The van der Waals surface area contributed by atoms with Crippen LogP contribution < -0.4 is 16.0 Å². The van der Waals surface area contributed by atoms with Crippen LogP contribution in [0.15, 0.2) is 16.8 Å². The molecule has 1 fully saturated rings. The molecule has 3 rings (SSSR count). The quantitative estimate of drug-likeness (QED) is 0.873. The van der Waals surface area contributed by atoms with E-state index in [-0.39, 0.29) is 5.95 Å². The first-order valence-electron chi connectivity index (χ1n) is 6.83. The lowest BCUT2D eigenvalue weighted by Crippen LogP contribution is -2.22.